The smallest absolute Gasteiger partial charge is 0.244 e. The first-order valence-electron chi connectivity index (χ1n) is 8.02. The minimum absolute atomic E-state index is 0.235. The molecule has 0 heterocycles. The van der Waals surface area contributed by atoms with Crippen molar-refractivity contribution in [3.8, 4) is 11.5 Å². The normalized spacial score (nSPS) is 21.7. The number of rotatable bonds is 5. The van der Waals surface area contributed by atoms with Crippen molar-refractivity contribution in [2.24, 2.45) is 5.73 Å². The molecule has 1 aromatic rings. The summed E-state index contributed by atoms with van der Waals surface area (Å²) in [6.07, 6.45) is 8.66. The first-order chi connectivity index (χ1) is 10.7. The molecule has 1 amide bonds. The average molecular weight is 301 g/mol. The lowest BCUT2D eigenvalue weighted by Crippen LogP contribution is -2.12. The third-order valence-electron chi connectivity index (χ3n) is 4.66. The Hall–Kier alpha value is -1.97. The van der Waals surface area contributed by atoms with Gasteiger partial charge < -0.3 is 15.2 Å². The van der Waals surface area contributed by atoms with E-state index in [9.17, 15) is 4.79 Å². The molecule has 22 heavy (non-hydrogen) atoms. The van der Waals surface area contributed by atoms with E-state index in [4.69, 9.17) is 15.2 Å². The minimum Gasteiger partial charge on any atom is -0.493 e. The van der Waals surface area contributed by atoms with Crippen LogP contribution in [0.25, 0.3) is 0 Å². The van der Waals surface area contributed by atoms with Gasteiger partial charge in [-0.2, -0.15) is 0 Å². The Morgan fingerprint density at radius 2 is 1.95 bits per heavy atom. The lowest BCUT2D eigenvalue weighted by molar-refractivity contribution is -0.114. The monoisotopic (exact) mass is 301 g/mol. The van der Waals surface area contributed by atoms with Gasteiger partial charge in [0.2, 0.25) is 5.91 Å². The minimum atomic E-state index is -0.307. The number of allylic oxidation sites excluding steroid dienone is 1. The van der Waals surface area contributed by atoms with Crippen LogP contribution in [0.2, 0.25) is 0 Å². The van der Waals surface area contributed by atoms with E-state index in [1.54, 1.807) is 7.11 Å². The average Bonchev–Trinajstić information content (AvgIpc) is 3.18. The topological polar surface area (TPSA) is 61.5 Å². The van der Waals surface area contributed by atoms with Crippen LogP contribution in [0.1, 0.15) is 50.0 Å². The molecule has 4 heteroatoms. The maximum absolute atomic E-state index is 11.3. The first-order valence-corrected chi connectivity index (χ1v) is 8.02. The van der Waals surface area contributed by atoms with Gasteiger partial charge >= 0.3 is 0 Å². The van der Waals surface area contributed by atoms with Crippen LogP contribution in [-0.2, 0) is 4.79 Å². The van der Waals surface area contributed by atoms with E-state index in [2.05, 4.69) is 6.07 Å². The predicted molar refractivity (Wildman–Crippen MR) is 85.1 cm³/mol. The van der Waals surface area contributed by atoms with Gasteiger partial charge in [0.1, 0.15) is 0 Å². The molecule has 0 spiro atoms. The standard InChI is InChI=1S/C18H23NO3/c1-21-16-9-8-13(12-6-7-14(10-12)18(19)20)11-17(16)22-15-4-2-3-5-15/h8-12,15H,2-7H2,1H3,(H2,19,20). The largest absolute Gasteiger partial charge is 0.493 e. The van der Waals surface area contributed by atoms with Gasteiger partial charge in [0.25, 0.3) is 0 Å². The molecule has 4 nitrogen and oxygen atoms in total. The number of carbonyl (C=O) groups excluding carboxylic acids is 1. The summed E-state index contributed by atoms with van der Waals surface area (Å²) in [6, 6.07) is 6.06. The lowest BCUT2D eigenvalue weighted by atomic mass is 9.98. The van der Waals surface area contributed by atoms with Crippen molar-refractivity contribution >= 4 is 5.91 Å². The van der Waals surface area contributed by atoms with Gasteiger partial charge in [-0.15, -0.1) is 0 Å². The molecule has 0 saturated heterocycles. The van der Waals surface area contributed by atoms with Crippen molar-refractivity contribution in [1.29, 1.82) is 0 Å². The molecule has 1 saturated carbocycles. The van der Waals surface area contributed by atoms with E-state index < -0.39 is 0 Å². The summed E-state index contributed by atoms with van der Waals surface area (Å²) in [7, 11) is 1.66. The van der Waals surface area contributed by atoms with Crippen molar-refractivity contribution in [1.82, 2.24) is 0 Å². The number of hydrogen-bond acceptors (Lipinski definition) is 3. The fourth-order valence-electron chi connectivity index (χ4n) is 3.39. The molecule has 0 aliphatic heterocycles. The number of nitrogens with two attached hydrogens (primary N) is 1. The van der Waals surface area contributed by atoms with Crippen molar-refractivity contribution < 1.29 is 14.3 Å². The number of amides is 1. The van der Waals surface area contributed by atoms with E-state index in [1.807, 2.05) is 18.2 Å². The van der Waals surface area contributed by atoms with Crippen LogP contribution in [0.3, 0.4) is 0 Å². The molecule has 2 aliphatic rings. The van der Waals surface area contributed by atoms with Crippen LogP contribution in [0.15, 0.2) is 29.8 Å². The highest BCUT2D eigenvalue weighted by molar-refractivity contribution is 5.92. The van der Waals surface area contributed by atoms with Crippen LogP contribution in [0, 0.1) is 0 Å². The second kappa shape index (κ2) is 6.42. The zero-order chi connectivity index (χ0) is 15.5. The Kier molecular flexibility index (Phi) is 4.36. The van der Waals surface area contributed by atoms with Crippen LogP contribution < -0.4 is 15.2 Å². The quantitative estimate of drug-likeness (QED) is 0.907. The van der Waals surface area contributed by atoms with Gasteiger partial charge in [0.05, 0.1) is 13.2 Å². The molecule has 2 N–H and O–H groups in total. The summed E-state index contributed by atoms with van der Waals surface area (Å²) < 4.78 is 11.6. The number of methoxy groups -OCH3 is 1. The summed E-state index contributed by atoms with van der Waals surface area (Å²) in [6.45, 7) is 0. The van der Waals surface area contributed by atoms with Crippen LogP contribution in [0.5, 0.6) is 11.5 Å². The molecule has 3 rings (SSSR count). The fourth-order valence-corrected chi connectivity index (χ4v) is 3.39. The van der Waals surface area contributed by atoms with Gasteiger partial charge in [-0.3, -0.25) is 4.79 Å². The van der Waals surface area contributed by atoms with Gasteiger partial charge in [0, 0.05) is 11.5 Å². The second-order valence-electron chi connectivity index (χ2n) is 6.14. The Bertz CT molecular complexity index is 588. The van der Waals surface area contributed by atoms with E-state index in [0.29, 0.717) is 6.10 Å². The van der Waals surface area contributed by atoms with E-state index in [1.165, 1.54) is 12.8 Å². The molecule has 1 atom stereocenters. The molecule has 0 aromatic heterocycles. The molecular weight excluding hydrogens is 278 g/mol. The summed E-state index contributed by atoms with van der Waals surface area (Å²) in [4.78, 5) is 11.3. The number of hydrogen-bond donors (Lipinski definition) is 1. The number of ether oxygens (including phenoxy) is 2. The molecule has 0 bridgehead atoms. The first kappa shape index (κ1) is 14.9. The van der Waals surface area contributed by atoms with E-state index >= 15 is 0 Å². The molecule has 118 valence electrons. The predicted octanol–water partition coefficient (Wildman–Crippen LogP) is 3.31. The Morgan fingerprint density at radius 1 is 1.18 bits per heavy atom. The summed E-state index contributed by atoms with van der Waals surface area (Å²) >= 11 is 0. The van der Waals surface area contributed by atoms with Gasteiger partial charge in [-0.05, 0) is 56.2 Å². The Labute approximate surface area is 131 Å². The highest BCUT2D eigenvalue weighted by Gasteiger charge is 2.23. The molecular formula is C18H23NO3. The molecule has 1 fully saturated rings. The highest BCUT2D eigenvalue weighted by atomic mass is 16.5. The second-order valence-corrected chi connectivity index (χ2v) is 6.14. The van der Waals surface area contributed by atoms with E-state index in [-0.39, 0.29) is 11.8 Å². The van der Waals surface area contributed by atoms with E-state index in [0.717, 1.165) is 48.3 Å². The molecule has 2 aliphatic carbocycles. The van der Waals surface area contributed by atoms with Crippen molar-refractivity contribution in [2.75, 3.05) is 7.11 Å². The SMILES string of the molecule is COc1ccc(C2C=C(C(N)=O)CC2)cc1OC1CCCC1. The summed E-state index contributed by atoms with van der Waals surface area (Å²) in [5.41, 5.74) is 7.26. The molecule has 1 aromatic carbocycles. The van der Waals surface area contributed by atoms with Crippen molar-refractivity contribution in [3.63, 3.8) is 0 Å². The number of benzene rings is 1. The maximum Gasteiger partial charge on any atom is 0.244 e. The zero-order valence-electron chi connectivity index (χ0n) is 13.0. The maximum atomic E-state index is 11.3. The van der Waals surface area contributed by atoms with Crippen LogP contribution >= 0.6 is 0 Å². The van der Waals surface area contributed by atoms with Crippen molar-refractivity contribution in [2.45, 2.75) is 50.5 Å². The lowest BCUT2D eigenvalue weighted by Gasteiger charge is -2.18. The number of primary amides is 1. The Balaban J connectivity index is 1.82. The molecule has 0 radical (unpaired) electrons. The van der Waals surface area contributed by atoms with Gasteiger partial charge in [-0.1, -0.05) is 12.1 Å². The van der Waals surface area contributed by atoms with Crippen LogP contribution in [0.4, 0.5) is 0 Å². The van der Waals surface area contributed by atoms with Gasteiger partial charge in [-0.25, -0.2) is 0 Å². The van der Waals surface area contributed by atoms with Gasteiger partial charge in [0.15, 0.2) is 11.5 Å². The van der Waals surface area contributed by atoms with Crippen LogP contribution in [-0.4, -0.2) is 19.1 Å². The highest BCUT2D eigenvalue weighted by Crippen LogP contribution is 2.38. The van der Waals surface area contributed by atoms with Crippen molar-refractivity contribution in [3.05, 3.63) is 35.4 Å². The summed E-state index contributed by atoms with van der Waals surface area (Å²) in [5, 5.41) is 0. The third-order valence-corrected chi connectivity index (χ3v) is 4.66. The molecule has 1 unspecified atom stereocenters. The summed E-state index contributed by atoms with van der Waals surface area (Å²) in [5.74, 6) is 1.51. The zero-order valence-corrected chi connectivity index (χ0v) is 13.0. The third kappa shape index (κ3) is 3.11. The number of carbonyl (C=O) groups is 1. The Morgan fingerprint density at radius 3 is 2.59 bits per heavy atom. The fraction of sp³-hybridized carbons (Fsp3) is 0.500.